The Balaban J connectivity index is 1.80. The zero-order valence-corrected chi connectivity index (χ0v) is 14.3. The molecule has 0 unspecified atom stereocenters. The summed E-state index contributed by atoms with van der Waals surface area (Å²) in [6, 6.07) is 8.55. The molecule has 0 saturated heterocycles. The highest BCUT2D eigenvalue weighted by molar-refractivity contribution is 5.94. The van der Waals surface area contributed by atoms with Gasteiger partial charge >= 0.3 is 0 Å². The highest BCUT2D eigenvalue weighted by Gasteiger charge is 2.12. The Morgan fingerprint density at radius 1 is 1.04 bits per heavy atom. The Labute approximate surface area is 153 Å². The van der Waals surface area contributed by atoms with Gasteiger partial charge in [0.05, 0.1) is 0 Å². The van der Waals surface area contributed by atoms with Crippen molar-refractivity contribution in [2.75, 3.05) is 0 Å². The second-order valence-electron chi connectivity index (χ2n) is 5.97. The van der Waals surface area contributed by atoms with Gasteiger partial charge in [0.1, 0.15) is 12.4 Å². The number of carbonyl (C=O) groups excluding carboxylic acids is 1. The largest absolute Gasteiger partial charge is 0.489 e. The van der Waals surface area contributed by atoms with E-state index in [9.17, 15) is 18.0 Å². The van der Waals surface area contributed by atoms with Crippen LogP contribution >= 0.6 is 0 Å². The topological polar surface area (TPSA) is 65.2 Å². The fourth-order valence-corrected chi connectivity index (χ4v) is 2.63. The molecule has 2 aromatic carbocycles. The maximum atomic E-state index is 13.2. The van der Waals surface area contributed by atoms with Crippen LogP contribution < -0.4 is 10.5 Å². The summed E-state index contributed by atoms with van der Waals surface area (Å²) in [4.78, 5) is 15.5. The van der Waals surface area contributed by atoms with Gasteiger partial charge in [-0.1, -0.05) is 12.1 Å². The highest BCUT2D eigenvalue weighted by atomic mass is 19.2. The first-order valence-electron chi connectivity index (χ1n) is 7.97. The average molecular weight is 372 g/mol. The van der Waals surface area contributed by atoms with E-state index in [0.29, 0.717) is 11.1 Å². The molecular weight excluding hydrogens is 357 g/mol. The zero-order chi connectivity index (χ0) is 19.6. The van der Waals surface area contributed by atoms with Crippen LogP contribution in [0.4, 0.5) is 13.2 Å². The van der Waals surface area contributed by atoms with Crippen LogP contribution in [0.5, 0.6) is 5.75 Å². The third-order valence-electron chi connectivity index (χ3n) is 3.98. The summed E-state index contributed by atoms with van der Waals surface area (Å²) < 4.78 is 44.8. The monoisotopic (exact) mass is 372 g/mol. The van der Waals surface area contributed by atoms with Crippen LogP contribution in [0.2, 0.25) is 0 Å². The van der Waals surface area contributed by atoms with Crippen molar-refractivity contribution < 1.29 is 22.7 Å². The van der Waals surface area contributed by atoms with Crippen molar-refractivity contribution in [3.63, 3.8) is 0 Å². The number of aryl methyl sites for hydroxylation is 1. The molecule has 27 heavy (non-hydrogen) atoms. The second-order valence-corrected chi connectivity index (χ2v) is 5.97. The van der Waals surface area contributed by atoms with E-state index in [1.165, 1.54) is 0 Å². The third kappa shape index (κ3) is 4.08. The van der Waals surface area contributed by atoms with E-state index in [-0.39, 0.29) is 12.4 Å². The highest BCUT2D eigenvalue weighted by Crippen LogP contribution is 2.24. The van der Waals surface area contributed by atoms with Crippen molar-refractivity contribution in [3.05, 3.63) is 82.9 Å². The predicted octanol–water partition coefficient (Wildman–Crippen LogP) is 4.15. The number of hydrogen-bond acceptors (Lipinski definition) is 3. The number of nitrogens with zero attached hydrogens (tertiary/aromatic N) is 1. The summed E-state index contributed by atoms with van der Waals surface area (Å²) in [6.45, 7) is 1.77. The molecule has 4 nitrogen and oxygen atoms in total. The van der Waals surface area contributed by atoms with Gasteiger partial charge in [0.15, 0.2) is 17.5 Å². The molecular formula is C20H15F3N2O2. The standard InChI is InChI=1S/C20H15F3N2O2/c1-11-4-13(2-3-16(11)20(24)26)14-5-12(8-25-9-14)10-27-15-6-17(21)19(23)18(22)7-15/h2-9H,10H2,1H3,(H2,24,26). The number of ether oxygens (including phenoxy) is 1. The molecule has 0 spiro atoms. The van der Waals surface area contributed by atoms with Crippen molar-refractivity contribution in [3.8, 4) is 16.9 Å². The molecule has 1 heterocycles. The van der Waals surface area contributed by atoms with Gasteiger partial charge in [0, 0.05) is 41.2 Å². The lowest BCUT2D eigenvalue weighted by molar-refractivity contribution is 0.0999. The van der Waals surface area contributed by atoms with Gasteiger partial charge < -0.3 is 10.5 Å². The van der Waals surface area contributed by atoms with E-state index in [1.54, 1.807) is 37.5 Å². The molecule has 0 fully saturated rings. The number of primary amides is 1. The van der Waals surface area contributed by atoms with E-state index in [4.69, 9.17) is 10.5 Å². The van der Waals surface area contributed by atoms with Crippen LogP contribution in [0.1, 0.15) is 21.5 Å². The molecule has 1 aromatic heterocycles. The molecule has 2 N–H and O–H groups in total. The van der Waals surface area contributed by atoms with Crippen LogP contribution in [0.15, 0.2) is 48.8 Å². The number of benzene rings is 2. The number of rotatable bonds is 5. The first-order chi connectivity index (χ1) is 12.8. The number of nitrogens with two attached hydrogens (primary N) is 1. The van der Waals surface area contributed by atoms with Gasteiger partial charge in [-0.05, 0) is 30.2 Å². The summed E-state index contributed by atoms with van der Waals surface area (Å²) in [5, 5.41) is 0. The Kier molecular flexibility index (Phi) is 5.12. The summed E-state index contributed by atoms with van der Waals surface area (Å²) >= 11 is 0. The number of hydrogen-bond donors (Lipinski definition) is 1. The van der Waals surface area contributed by atoms with E-state index < -0.39 is 23.4 Å². The van der Waals surface area contributed by atoms with E-state index in [1.807, 2.05) is 6.07 Å². The average Bonchev–Trinajstić information content (AvgIpc) is 2.64. The molecule has 3 aromatic rings. The quantitative estimate of drug-likeness (QED) is 0.684. The van der Waals surface area contributed by atoms with Crippen molar-refractivity contribution in [2.45, 2.75) is 13.5 Å². The van der Waals surface area contributed by atoms with Crippen LogP contribution in [0, 0.1) is 24.4 Å². The predicted molar refractivity (Wildman–Crippen MR) is 93.6 cm³/mol. The van der Waals surface area contributed by atoms with Gasteiger partial charge in [-0.3, -0.25) is 9.78 Å². The molecule has 3 rings (SSSR count). The Bertz CT molecular complexity index is 999. The molecule has 0 aliphatic heterocycles. The van der Waals surface area contributed by atoms with Crippen LogP contribution in [0.25, 0.3) is 11.1 Å². The first-order valence-corrected chi connectivity index (χ1v) is 7.97. The fraction of sp³-hybridized carbons (Fsp3) is 0.100. The minimum absolute atomic E-state index is 0.0102. The van der Waals surface area contributed by atoms with Gasteiger partial charge in [-0.2, -0.15) is 0 Å². The second kappa shape index (κ2) is 7.49. The molecule has 138 valence electrons. The molecule has 0 atom stereocenters. The molecule has 0 aliphatic rings. The number of halogens is 3. The Hall–Kier alpha value is -3.35. The van der Waals surface area contributed by atoms with Gasteiger partial charge in [-0.15, -0.1) is 0 Å². The number of carbonyl (C=O) groups is 1. The number of amides is 1. The van der Waals surface area contributed by atoms with Gasteiger partial charge in [0.25, 0.3) is 0 Å². The molecule has 0 bridgehead atoms. The number of aromatic nitrogens is 1. The molecule has 1 amide bonds. The van der Waals surface area contributed by atoms with Crippen LogP contribution in [-0.4, -0.2) is 10.9 Å². The van der Waals surface area contributed by atoms with Crippen molar-refractivity contribution in [1.29, 1.82) is 0 Å². The maximum absolute atomic E-state index is 13.2. The molecule has 7 heteroatoms. The molecule has 0 aliphatic carbocycles. The summed E-state index contributed by atoms with van der Waals surface area (Å²) in [5.74, 6) is -4.80. The molecule has 0 saturated carbocycles. The Morgan fingerprint density at radius 2 is 1.74 bits per heavy atom. The summed E-state index contributed by atoms with van der Waals surface area (Å²) in [5.41, 5.74) is 8.72. The number of pyridine rings is 1. The zero-order valence-electron chi connectivity index (χ0n) is 14.3. The third-order valence-corrected chi connectivity index (χ3v) is 3.98. The minimum Gasteiger partial charge on any atom is -0.489 e. The smallest absolute Gasteiger partial charge is 0.248 e. The van der Waals surface area contributed by atoms with Gasteiger partial charge in [-0.25, -0.2) is 13.2 Å². The first kappa shape index (κ1) is 18.4. The lowest BCUT2D eigenvalue weighted by atomic mass is 10.00. The van der Waals surface area contributed by atoms with Crippen molar-refractivity contribution in [1.82, 2.24) is 4.98 Å². The fourth-order valence-electron chi connectivity index (χ4n) is 2.63. The summed E-state index contributed by atoms with van der Waals surface area (Å²) in [7, 11) is 0. The lowest BCUT2D eigenvalue weighted by Gasteiger charge is -2.10. The van der Waals surface area contributed by atoms with E-state index >= 15 is 0 Å². The van der Waals surface area contributed by atoms with Crippen molar-refractivity contribution in [2.24, 2.45) is 5.73 Å². The SMILES string of the molecule is Cc1cc(-c2cncc(COc3cc(F)c(F)c(F)c3)c2)ccc1C(N)=O. The molecule has 0 radical (unpaired) electrons. The van der Waals surface area contributed by atoms with E-state index in [0.717, 1.165) is 28.8 Å². The van der Waals surface area contributed by atoms with Gasteiger partial charge in [0.2, 0.25) is 5.91 Å². The van der Waals surface area contributed by atoms with Crippen LogP contribution in [-0.2, 0) is 6.61 Å². The lowest BCUT2D eigenvalue weighted by Crippen LogP contribution is -2.12. The normalized spacial score (nSPS) is 10.7. The van der Waals surface area contributed by atoms with Crippen LogP contribution in [0.3, 0.4) is 0 Å². The van der Waals surface area contributed by atoms with E-state index in [2.05, 4.69) is 4.98 Å². The maximum Gasteiger partial charge on any atom is 0.248 e. The van der Waals surface area contributed by atoms with Crippen molar-refractivity contribution >= 4 is 5.91 Å². The Morgan fingerprint density at radius 3 is 2.37 bits per heavy atom. The minimum atomic E-state index is -1.54. The summed E-state index contributed by atoms with van der Waals surface area (Å²) in [6.07, 6.45) is 3.18.